The number of nitrogens with two attached hydrogens (primary N) is 1. The van der Waals surface area contributed by atoms with Gasteiger partial charge in [-0.2, -0.15) is 11.8 Å². The molecule has 2 aliphatic heterocycles. The molecule has 2 heterocycles. The first kappa shape index (κ1) is 15.1. The molecule has 0 atom stereocenters. The van der Waals surface area contributed by atoms with Gasteiger partial charge in [-0.05, 0) is 12.8 Å². The van der Waals surface area contributed by atoms with Gasteiger partial charge in [0.2, 0.25) is 5.91 Å². The second-order valence-corrected chi connectivity index (χ2v) is 6.53. The van der Waals surface area contributed by atoms with Gasteiger partial charge in [0, 0.05) is 57.4 Å². The number of hydrogen-bond acceptors (Lipinski definition) is 5. The number of hydrogen-bond donors (Lipinski definition) is 2. The van der Waals surface area contributed by atoms with Crippen LogP contribution < -0.4 is 11.1 Å². The third-order valence-corrected chi connectivity index (χ3v) is 5.08. The summed E-state index contributed by atoms with van der Waals surface area (Å²) >= 11 is 2.00. The lowest BCUT2D eigenvalue weighted by Crippen LogP contribution is -2.50. The summed E-state index contributed by atoms with van der Waals surface area (Å²) < 4.78 is 5.33. The summed E-state index contributed by atoms with van der Waals surface area (Å²) in [6.45, 7) is 5.66. The molecule has 2 aliphatic rings. The summed E-state index contributed by atoms with van der Waals surface area (Å²) in [5.41, 5.74) is 5.43. The van der Waals surface area contributed by atoms with Crippen LogP contribution in [0.2, 0.25) is 0 Å². The Labute approximate surface area is 119 Å². The molecule has 3 N–H and O–H groups in total. The number of carbonyl (C=O) groups excluding carboxylic acids is 1. The van der Waals surface area contributed by atoms with Crippen molar-refractivity contribution in [3.63, 3.8) is 0 Å². The summed E-state index contributed by atoms with van der Waals surface area (Å²) in [7, 11) is 0. The molecule has 1 amide bonds. The zero-order valence-corrected chi connectivity index (χ0v) is 12.3. The highest BCUT2D eigenvalue weighted by Crippen LogP contribution is 2.29. The number of ether oxygens (including phenoxy) is 1. The Morgan fingerprint density at radius 2 is 2.00 bits per heavy atom. The Balaban J connectivity index is 1.73. The lowest BCUT2D eigenvalue weighted by Gasteiger charge is -2.35. The molecule has 0 aromatic rings. The van der Waals surface area contributed by atoms with Gasteiger partial charge < -0.3 is 15.8 Å². The summed E-state index contributed by atoms with van der Waals surface area (Å²) in [5, 5.41) is 3.07. The number of nitrogens with one attached hydrogen (secondary N) is 1. The van der Waals surface area contributed by atoms with Crippen LogP contribution >= 0.6 is 11.8 Å². The molecular formula is C13H25N3O2S. The van der Waals surface area contributed by atoms with Crippen LogP contribution in [-0.4, -0.2) is 68.3 Å². The fraction of sp³-hybridized carbons (Fsp3) is 0.923. The van der Waals surface area contributed by atoms with Crippen LogP contribution in [0.1, 0.15) is 12.8 Å². The van der Waals surface area contributed by atoms with E-state index in [1.807, 2.05) is 11.8 Å². The summed E-state index contributed by atoms with van der Waals surface area (Å²) in [6, 6.07) is 0. The van der Waals surface area contributed by atoms with Crippen molar-refractivity contribution in [2.24, 2.45) is 11.1 Å². The Hall–Kier alpha value is -0.300. The average molecular weight is 287 g/mol. The molecule has 0 aromatic carbocycles. The Bertz CT molecular complexity index is 290. The first-order valence-corrected chi connectivity index (χ1v) is 8.28. The van der Waals surface area contributed by atoms with Crippen molar-refractivity contribution in [2.75, 3.05) is 57.4 Å². The number of thioether (sulfide) groups is 1. The number of amides is 1. The molecule has 0 spiro atoms. The maximum atomic E-state index is 12.3. The molecule has 5 nitrogen and oxygen atoms in total. The summed E-state index contributed by atoms with van der Waals surface area (Å²) in [4.78, 5) is 14.7. The third kappa shape index (κ3) is 4.08. The van der Waals surface area contributed by atoms with E-state index < -0.39 is 5.41 Å². The van der Waals surface area contributed by atoms with Crippen LogP contribution in [0.5, 0.6) is 0 Å². The molecule has 0 unspecified atom stereocenters. The molecule has 0 aromatic heterocycles. The lowest BCUT2D eigenvalue weighted by molar-refractivity contribution is -0.135. The second-order valence-electron chi connectivity index (χ2n) is 5.31. The van der Waals surface area contributed by atoms with Gasteiger partial charge in [0.15, 0.2) is 0 Å². The molecule has 0 aliphatic carbocycles. The molecule has 2 rings (SSSR count). The van der Waals surface area contributed by atoms with Crippen LogP contribution in [0.15, 0.2) is 0 Å². The van der Waals surface area contributed by atoms with Crippen LogP contribution in [0.25, 0.3) is 0 Å². The molecular weight excluding hydrogens is 262 g/mol. The Kier molecular flexibility index (Phi) is 5.94. The molecule has 6 heteroatoms. The summed E-state index contributed by atoms with van der Waals surface area (Å²) in [6.07, 6.45) is 1.49. The zero-order chi connectivity index (χ0) is 13.6. The van der Waals surface area contributed by atoms with Gasteiger partial charge in [-0.1, -0.05) is 0 Å². The quantitative estimate of drug-likeness (QED) is 0.739. The van der Waals surface area contributed by atoms with Crippen LogP contribution in [0.4, 0.5) is 0 Å². The maximum absolute atomic E-state index is 12.3. The second kappa shape index (κ2) is 7.47. The predicted octanol–water partition coefficient (Wildman–Crippen LogP) is -0.0931. The number of carbonyl (C=O) groups is 1. The zero-order valence-electron chi connectivity index (χ0n) is 11.5. The third-order valence-electron chi connectivity index (χ3n) is 4.14. The number of nitrogens with zero attached hydrogens (tertiary/aromatic N) is 1. The molecule has 19 heavy (non-hydrogen) atoms. The smallest absolute Gasteiger partial charge is 0.227 e. The van der Waals surface area contributed by atoms with Gasteiger partial charge in [-0.3, -0.25) is 9.69 Å². The fourth-order valence-electron chi connectivity index (χ4n) is 2.63. The minimum atomic E-state index is -0.393. The molecule has 0 radical (unpaired) electrons. The topological polar surface area (TPSA) is 67.6 Å². The minimum Gasteiger partial charge on any atom is -0.381 e. The van der Waals surface area contributed by atoms with Gasteiger partial charge in [-0.15, -0.1) is 0 Å². The van der Waals surface area contributed by atoms with Crippen molar-refractivity contribution in [2.45, 2.75) is 12.8 Å². The SMILES string of the molecule is NCC1(C(=O)NCCN2CCSCC2)CCOCC1. The van der Waals surface area contributed by atoms with Gasteiger partial charge in [0.1, 0.15) is 0 Å². The first-order valence-electron chi connectivity index (χ1n) is 7.13. The molecule has 110 valence electrons. The van der Waals surface area contributed by atoms with Gasteiger partial charge in [0.05, 0.1) is 5.41 Å². The lowest BCUT2D eigenvalue weighted by atomic mass is 9.79. The predicted molar refractivity (Wildman–Crippen MR) is 78.3 cm³/mol. The van der Waals surface area contributed by atoms with Gasteiger partial charge in [-0.25, -0.2) is 0 Å². The van der Waals surface area contributed by atoms with E-state index >= 15 is 0 Å². The van der Waals surface area contributed by atoms with E-state index in [0.29, 0.717) is 19.8 Å². The van der Waals surface area contributed by atoms with Crippen molar-refractivity contribution in [1.29, 1.82) is 0 Å². The minimum absolute atomic E-state index is 0.115. The molecule has 0 bridgehead atoms. The van der Waals surface area contributed by atoms with Crippen molar-refractivity contribution >= 4 is 17.7 Å². The molecule has 2 saturated heterocycles. The van der Waals surface area contributed by atoms with Crippen LogP contribution in [-0.2, 0) is 9.53 Å². The Morgan fingerprint density at radius 1 is 1.32 bits per heavy atom. The van der Waals surface area contributed by atoms with E-state index in [1.54, 1.807) is 0 Å². The van der Waals surface area contributed by atoms with Crippen molar-refractivity contribution in [3.05, 3.63) is 0 Å². The van der Waals surface area contributed by atoms with E-state index in [1.165, 1.54) is 11.5 Å². The van der Waals surface area contributed by atoms with Gasteiger partial charge in [0.25, 0.3) is 0 Å². The van der Waals surface area contributed by atoms with Crippen molar-refractivity contribution in [1.82, 2.24) is 10.2 Å². The highest BCUT2D eigenvalue weighted by atomic mass is 32.2. The first-order chi connectivity index (χ1) is 9.27. The van der Waals surface area contributed by atoms with E-state index in [2.05, 4.69) is 10.2 Å². The maximum Gasteiger partial charge on any atom is 0.227 e. The highest BCUT2D eigenvalue weighted by molar-refractivity contribution is 7.99. The normalized spacial score (nSPS) is 24.1. The van der Waals surface area contributed by atoms with Crippen LogP contribution in [0.3, 0.4) is 0 Å². The van der Waals surface area contributed by atoms with E-state index in [4.69, 9.17) is 10.5 Å². The van der Waals surface area contributed by atoms with E-state index in [9.17, 15) is 4.79 Å². The average Bonchev–Trinajstić information content (AvgIpc) is 2.49. The molecule has 0 saturated carbocycles. The van der Waals surface area contributed by atoms with Crippen molar-refractivity contribution < 1.29 is 9.53 Å². The summed E-state index contributed by atoms with van der Waals surface area (Å²) in [5.74, 6) is 2.53. The largest absolute Gasteiger partial charge is 0.381 e. The van der Waals surface area contributed by atoms with Crippen LogP contribution in [0, 0.1) is 5.41 Å². The van der Waals surface area contributed by atoms with E-state index in [0.717, 1.165) is 39.0 Å². The fourth-order valence-corrected chi connectivity index (χ4v) is 3.60. The van der Waals surface area contributed by atoms with Gasteiger partial charge >= 0.3 is 0 Å². The van der Waals surface area contributed by atoms with Crippen molar-refractivity contribution in [3.8, 4) is 0 Å². The standard InChI is InChI=1S/C13H25N3O2S/c14-11-13(1-7-18-8-2-13)12(17)15-3-4-16-5-9-19-10-6-16/h1-11,14H2,(H,15,17). The molecule has 2 fully saturated rings. The van der Waals surface area contributed by atoms with E-state index in [-0.39, 0.29) is 5.91 Å². The number of rotatable bonds is 5. The highest BCUT2D eigenvalue weighted by Gasteiger charge is 2.38. The monoisotopic (exact) mass is 287 g/mol. The Morgan fingerprint density at radius 3 is 2.63 bits per heavy atom.